The van der Waals surface area contributed by atoms with Gasteiger partial charge in [0.15, 0.2) is 0 Å². The van der Waals surface area contributed by atoms with E-state index >= 15 is 0 Å². The molecular weight excluding hydrogens is 211 g/mol. The molecule has 3 nitrogen and oxygen atoms in total. The smallest absolute Gasteiger partial charge is 0.347 e. The summed E-state index contributed by atoms with van der Waals surface area (Å²) in [6.07, 6.45) is 0. The van der Waals surface area contributed by atoms with Crippen LogP contribution in [0.25, 0.3) is 0 Å². The number of benzene rings is 1. The van der Waals surface area contributed by atoms with E-state index in [0.29, 0.717) is 11.3 Å². The lowest BCUT2D eigenvalue weighted by atomic mass is 10.2. The Morgan fingerprint density at radius 1 is 1.13 bits per heavy atom. The van der Waals surface area contributed by atoms with Gasteiger partial charge in [-0.25, -0.2) is 4.79 Å². The first-order chi connectivity index (χ1) is 6.98. The third-order valence-corrected chi connectivity index (χ3v) is 3.79. The summed E-state index contributed by atoms with van der Waals surface area (Å²) < 4.78 is 11.0. The van der Waals surface area contributed by atoms with E-state index in [1.54, 1.807) is 18.2 Å². The Kier molecular flexibility index (Phi) is 2.43. The minimum atomic E-state index is -1.19. The van der Waals surface area contributed by atoms with Crippen molar-refractivity contribution < 1.29 is 13.8 Å². The zero-order chi connectivity index (χ0) is 11.1. The van der Waals surface area contributed by atoms with E-state index in [1.807, 2.05) is 26.8 Å². The Labute approximate surface area is 90.3 Å². The molecule has 0 saturated heterocycles. The lowest BCUT2D eigenvalue weighted by molar-refractivity contribution is 0.0714. The predicted molar refractivity (Wildman–Crippen MR) is 59.2 cm³/mol. The van der Waals surface area contributed by atoms with Crippen molar-refractivity contribution in [2.24, 2.45) is 0 Å². The molecule has 0 radical (unpaired) electrons. The van der Waals surface area contributed by atoms with Crippen LogP contribution in [-0.2, 0) is 4.52 Å². The molecule has 0 bridgehead atoms. The van der Waals surface area contributed by atoms with E-state index in [0.717, 1.165) is 0 Å². The van der Waals surface area contributed by atoms with Gasteiger partial charge in [0.25, 0.3) is 8.38 Å². The minimum Gasteiger partial charge on any atom is -0.437 e. The Balaban J connectivity index is 2.35. The molecule has 0 aliphatic carbocycles. The fourth-order valence-corrected chi connectivity index (χ4v) is 2.39. The van der Waals surface area contributed by atoms with Crippen molar-refractivity contribution in [3.63, 3.8) is 0 Å². The fraction of sp³-hybridized carbons (Fsp3) is 0.364. The van der Waals surface area contributed by atoms with Crippen LogP contribution >= 0.6 is 8.38 Å². The van der Waals surface area contributed by atoms with Gasteiger partial charge in [-0.2, -0.15) is 0 Å². The van der Waals surface area contributed by atoms with E-state index < -0.39 is 8.38 Å². The molecule has 4 heteroatoms. The number of carbonyl (C=O) groups excluding carboxylic acids is 1. The Morgan fingerprint density at radius 2 is 1.80 bits per heavy atom. The highest BCUT2D eigenvalue weighted by molar-refractivity contribution is 7.50. The van der Waals surface area contributed by atoms with E-state index in [2.05, 4.69) is 0 Å². The van der Waals surface area contributed by atoms with Gasteiger partial charge >= 0.3 is 5.97 Å². The summed E-state index contributed by atoms with van der Waals surface area (Å²) >= 11 is 0. The highest BCUT2D eigenvalue weighted by atomic mass is 31.2. The third kappa shape index (κ3) is 1.98. The van der Waals surface area contributed by atoms with Gasteiger partial charge in [0.1, 0.15) is 11.3 Å². The van der Waals surface area contributed by atoms with Crippen molar-refractivity contribution in [3.8, 4) is 5.75 Å². The van der Waals surface area contributed by atoms with E-state index in [4.69, 9.17) is 9.05 Å². The first-order valence-electron chi connectivity index (χ1n) is 4.78. The van der Waals surface area contributed by atoms with Crippen LogP contribution in [0.1, 0.15) is 31.1 Å². The predicted octanol–water partition coefficient (Wildman–Crippen LogP) is 3.35. The van der Waals surface area contributed by atoms with Crippen molar-refractivity contribution in [2.75, 3.05) is 0 Å². The normalized spacial score (nSPS) is 20.2. The maximum absolute atomic E-state index is 11.7. The molecular formula is C11H13O3P. The SMILES string of the molecule is CC(C)(C)P1OC(=O)c2ccccc2O1. The standard InChI is InChI=1S/C11H13O3P/c1-11(2,3)15-13-9-7-5-4-6-8(9)10(12)14-15/h4-7H,1-3H3. The van der Waals surface area contributed by atoms with Crippen LogP contribution in [0.2, 0.25) is 0 Å². The molecule has 1 heterocycles. The molecule has 0 spiro atoms. The second kappa shape index (κ2) is 3.49. The lowest BCUT2D eigenvalue weighted by Crippen LogP contribution is -2.23. The molecule has 1 aliphatic rings. The first kappa shape index (κ1) is 10.4. The van der Waals surface area contributed by atoms with Gasteiger partial charge in [0, 0.05) is 0 Å². The van der Waals surface area contributed by atoms with Crippen molar-refractivity contribution >= 4 is 14.3 Å². The molecule has 80 valence electrons. The maximum Gasteiger partial charge on any atom is 0.347 e. The molecule has 1 atom stereocenters. The number of fused-ring (bicyclic) bond motifs is 1. The van der Waals surface area contributed by atoms with Gasteiger partial charge in [0.2, 0.25) is 0 Å². The van der Waals surface area contributed by atoms with E-state index in [9.17, 15) is 4.79 Å². The van der Waals surface area contributed by atoms with Crippen LogP contribution < -0.4 is 4.52 Å². The second-order valence-corrected chi connectivity index (χ2v) is 6.62. The average Bonchev–Trinajstić information content (AvgIpc) is 2.16. The molecule has 15 heavy (non-hydrogen) atoms. The minimum absolute atomic E-state index is 0.154. The summed E-state index contributed by atoms with van der Waals surface area (Å²) in [6, 6.07) is 7.17. The first-order valence-corrected chi connectivity index (χ1v) is 5.96. The summed E-state index contributed by atoms with van der Waals surface area (Å²) in [6.45, 7) is 6.00. The van der Waals surface area contributed by atoms with Gasteiger partial charge in [0.05, 0.1) is 5.16 Å². The Hall–Kier alpha value is -1.08. The number of rotatable bonds is 0. The maximum atomic E-state index is 11.7. The largest absolute Gasteiger partial charge is 0.437 e. The monoisotopic (exact) mass is 224 g/mol. The lowest BCUT2D eigenvalue weighted by Gasteiger charge is -2.31. The molecule has 2 rings (SSSR count). The molecule has 0 fully saturated rings. The quantitative estimate of drug-likeness (QED) is 0.634. The van der Waals surface area contributed by atoms with Crippen LogP contribution in [0.4, 0.5) is 0 Å². The molecule has 1 aromatic carbocycles. The van der Waals surface area contributed by atoms with Gasteiger partial charge < -0.3 is 9.05 Å². The number of carbonyl (C=O) groups is 1. The van der Waals surface area contributed by atoms with Gasteiger partial charge in [-0.15, -0.1) is 0 Å². The zero-order valence-electron chi connectivity index (χ0n) is 8.98. The average molecular weight is 224 g/mol. The molecule has 0 amide bonds. The van der Waals surface area contributed by atoms with Crippen LogP contribution in [0.5, 0.6) is 5.75 Å². The molecule has 1 aliphatic heterocycles. The van der Waals surface area contributed by atoms with Crippen molar-refractivity contribution in [1.82, 2.24) is 0 Å². The van der Waals surface area contributed by atoms with Crippen LogP contribution in [0.3, 0.4) is 0 Å². The van der Waals surface area contributed by atoms with Crippen LogP contribution in [-0.4, -0.2) is 11.1 Å². The Bertz CT molecular complexity index is 395. The van der Waals surface area contributed by atoms with Gasteiger partial charge in [-0.3, -0.25) is 0 Å². The van der Waals surface area contributed by atoms with Crippen molar-refractivity contribution in [1.29, 1.82) is 0 Å². The molecule has 1 unspecified atom stereocenters. The number of para-hydroxylation sites is 1. The summed E-state index contributed by atoms with van der Waals surface area (Å²) in [5, 5.41) is -0.154. The number of hydrogen-bond acceptors (Lipinski definition) is 3. The fourth-order valence-electron chi connectivity index (χ4n) is 1.22. The second-order valence-electron chi connectivity index (χ2n) is 4.39. The summed E-state index contributed by atoms with van der Waals surface area (Å²) in [5.74, 6) is 0.354. The van der Waals surface area contributed by atoms with Crippen LogP contribution in [0, 0.1) is 0 Å². The zero-order valence-corrected chi connectivity index (χ0v) is 9.88. The molecule has 0 aromatic heterocycles. The van der Waals surface area contributed by atoms with Gasteiger partial charge in [-0.05, 0) is 32.9 Å². The summed E-state index contributed by atoms with van der Waals surface area (Å²) in [7, 11) is -1.19. The summed E-state index contributed by atoms with van der Waals surface area (Å²) in [5.41, 5.74) is 0.514. The van der Waals surface area contributed by atoms with Crippen molar-refractivity contribution in [2.45, 2.75) is 25.9 Å². The molecule has 1 aromatic rings. The number of hydrogen-bond donors (Lipinski definition) is 0. The van der Waals surface area contributed by atoms with Crippen molar-refractivity contribution in [3.05, 3.63) is 29.8 Å². The topological polar surface area (TPSA) is 35.5 Å². The highest BCUT2D eigenvalue weighted by Crippen LogP contribution is 2.55. The third-order valence-electron chi connectivity index (χ3n) is 2.00. The van der Waals surface area contributed by atoms with Crippen LogP contribution in [0.15, 0.2) is 24.3 Å². The summed E-state index contributed by atoms with van der Waals surface area (Å²) in [4.78, 5) is 11.7. The van der Waals surface area contributed by atoms with E-state index in [1.165, 1.54) is 0 Å². The van der Waals surface area contributed by atoms with E-state index in [-0.39, 0.29) is 11.1 Å². The molecule has 0 N–H and O–H groups in total. The highest BCUT2D eigenvalue weighted by Gasteiger charge is 2.37. The van der Waals surface area contributed by atoms with Gasteiger partial charge in [-0.1, -0.05) is 12.1 Å². The Morgan fingerprint density at radius 3 is 2.47 bits per heavy atom. The molecule has 0 saturated carbocycles.